The van der Waals surface area contributed by atoms with Crippen molar-refractivity contribution in [3.63, 3.8) is 0 Å². The van der Waals surface area contributed by atoms with E-state index in [0.717, 1.165) is 28.3 Å². The van der Waals surface area contributed by atoms with Crippen molar-refractivity contribution in [1.82, 2.24) is 4.57 Å². The quantitative estimate of drug-likeness (QED) is 0.144. The van der Waals surface area contributed by atoms with Crippen molar-refractivity contribution in [1.29, 1.82) is 0 Å². The predicted octanol–water partition coefficient (Wildman–Crippen LogP) is 6.85. The minimum atomic E-state index is 0.00225. The van der Waals surface area contributed by atoms with Crippen LogP contribution in [0.2, 0.25) is 0 Å². The van der Waals surface area contributed by atoms with Crippen LogP contribution >= 0.6 is 22.7 Å². The molecule has 0 amide bonds. The van der Waals surface area contributed by atoms with Crippen molar-refractivity contribution in [3.8, 4) is 21.7 Å². The van der Waals surface area contributed by atoms with Crippen molar-refractivity contribution in [3.05, 3.63) is 146 Å². The van der Waals surface area contributed by atoms with E-state index >= 15 is 0 Å². The van der Waals surface area contributed by atoms with Crippen LogP contribution in [0.3, 0.4) is 0 Å². The number of fused-ring (bicyclic) bond motifs is 1. The summed E-state index contributed by atoms with van der Waals surface area (Å²) in [7, 11) is 0. The standard InChI is InChI=1S/C37H34N3OS2/c1-4-24-40-34(42-32(37(40)41)22-21-27-23-25-38(5-2)31-20-14-13-19-30(27)31)26-33-39(6-3)35(28-15-9-7-10-16-28)36(43-33)29-17-11-8-12-18-29/h4,7-23,25-26H,1,5-6,24H2,2-3H3/q+1/b27-21+,32-22?. The smallest absolute Gasteiger partial charge is 0.269 e. The highest BCUT2D eigenvalue weighted by atomic mass is 32.1. The van der Waals surface area contributed by atoms with Crippen molar-refractivity contribution in [2.24, 2.45) is 0 Å². The highest BCUT2D eigenvalue weighted by Crippen LogP contribution is 2.36. The zero-order valence-electron chi connectivity index (χ0n) is 24.4. The van der Waals surface area contributed by atoms with Gasteiger partial charge in [-0.1, -0.05) is 90.2 Å². The van der Waals surface area contributed by atoms with Crippen LogP contribution in [0, 0.1) is 0 Å². The van der Waals surface area contributed by atoms with Crippen molar-refractivity contribution < 1.29 is 4.57 Å². The van der Waals surface area contributed by atoms with Crippen LogP contribution < -0.4 is 24.2 Å². The minimum absolute atomic E-state index is 0.00225. The predicted molar refractivity (Wildman–Crippen MR) is 184 cm³/mol. The molecule has 5 aromatic rings. The van der Waals surface area contributed by atoms with Gasteiger partial charge in [0.2, 0.25) is 5.69 Å². The van der Waals surface area contributed by atoms with Crippen LogP contribution in [-0.2, 0) is 13.1 Å². The van der Waals surface area contributed by atoms with E-state index in [0.29, 0.717) is 11.1 Å². The van der Waals surface area contributed by atoms with E-state index in [1.54, 1.807) is 17.4 Å². The first-order valence-electron chi connectivity index (χ1n) is 14.6. The Morgan fingerprint density at radius 3 is 2.26 bits per heavy atom. The molecule has 0 atom stereocenters. The van der Waals surface area contributed by atoms with Gasteiger partial charge in [-0.25, -0.2) is 0 Å². The zero-order chi connectivity index (χ0) is 29.8. The van der Waals surface area contributed by atoms with E-state index in [9.17, 15) is 4.79 Å². The Bertz CT molecular complexity index is 2010. The summed E-state index contributed by atoms with van der Waals surface area (Å²) in [5.74, 6) is 0. The van der Waals surface area contributed by atoms with E-state index in [-0.39, 0.29) is 5.56 Å². The van der Waals surface area contributed by atoms with Gasteiger partial charge in [-0.3, -0.25) is 9.36 Å². The number of thiazole rings is 2. The number of hydrogen-bond acceptors (Lipinski definition) is 4. The summed E-state index contributed by atoms with van der Waals surface area (Å²) in [5, 5.41) is 1.10. The lowest BCUT2D eigenvalue weighted by atomic mass is 9.99. The fourth-order valence-corrected chi connectivity index (χ4v) is 7.85. The van der Waals surface area contributed by atoms with Crippen molar-refractivity contribution in [2.75, 3.05) is 11.4 Å². The molecule has 0 aliphatic carbocycles. The maximum atomic E-state index is 13.7. The van der Waals surface area contributed by atoms with Crippen LogP contribution in [0.1, 0.15) is 24.4 Å². The van der Waals surface area contributed by atoms with Gasteiger partial charge in [0.1, 0.15) is 16.1 Å². The summed E-state index contributed by atoms with van der Waals surface area (Å²) in [6.07, 6.45) is 12.2. The van der Waals surface area contributed by atoms with Crippen LogP contribution in [0.25, 0.3) is 39.4 Å². The molecule has 0 spiro atoms. The molecule has 3 heterocycles. The second-order valence-electron chi connectivity index (χ2n) is 10.2. The van der Waals surface area contributed by atoms with Gasteiger partial charge in [0.05, 0.1) is 10.6 Å². The van der Waals surface area contributed by atoms with Crippen LogP contribution in [0.4, 0.5) is 5.69 Å². The average molecular weight is 601 g/mol. The molecular formula is C37H34N3OS2+. The van der Waals surface area contributed by atoms with Gasteiger partial charge < -0.3 is 4.90 Å². The fraction of sp³-hybridized carbons (Fsp3) is 0.135. The minimum Gasteiger partial charge on any atom is -0.348 e. The molecule has 0 saturated carbocycles. The van der Waals surface area contributed by atoms with Gasteiger partial charge in [0.25, 0.3) is 10.6 Å². The molecule has 43 heavy (non-hydrogen) atoms. The number of aromatic nitrogens is 2. The second kappa shape index (κ2) is 12.8. The highest BCUT2D eigenvalue weighted by Gasteiger charge is 2.27. The summed E-state index contributed by atoms with van der Waals surface area (Å²) in [5.41, 5.74) is 7.00. The third-order valence-electron chi connectivity index (χ3n) is 7.57. The van der Waals surface area contributed by atoms with Gasteiger partial charge in [-0.2, -0.15) is 4.57 Å². The van der Waals surface area contributed by atoms with E-state index in [2.05, 4.69) is 139 Å². The van der Waals surface area contributed by atoms with Crippen LogP contribution in [0.15, 0.2) is 121 Å². The summed E-state index contributed by atoms with van der Waals surface area (Å²) < 4.78 is 5.80. The normalized spacial score (nSPS) is 14.5. The molecule has 0 radical (unpaired) electrons. The third kappa shape index (κ3) is 5.64. The lowest BCUT2D eigenvalue weighted by molar-refractivity contribution is -0.679. The van der Waals surface area contributed by atoms with E-state index in [1.165, 1.54) is 44.3 Å². The molecule has 6 heteroatoms. The summed E-state index contributed by atoms with van der Waals surface area (Å²) >= 11 is 3.29. The van der Waals surface area contributed by atoms with Crippen molar-refractivity contribution >= 4 is 46.1 Å². The SMILES string of the molecule is C=CCn1c(=Cc2sc(-c3ccccc3)c(-c3ccccc3)[n+]2CC)sc(=C/C=C2\C=CN(CC)c3ccccc32)c1=O. The largest absolute Gasteiger partial charge is 0.348 e. The number of anilines is 1. The average Bonchev–Trinajstić information content (AvgIpc) is 3.57. The Labute approximate surface area is 260 Å². The summed E-state index contributed by atoms with van der Waals surface area (Å²) in [4.78, 5) is 17.1. The van der Waals surface area contributed by atoms with Gasteiger partial charge >= 0.3 is 0 Å². The van der Waals surface area contributed by atoms with E-state index in [4.69, 9.17) is 0 Å². The van der Waals surface area contributed by atoms with Gasteiger partial charge in [-0.15, -0.1) is 17.9 Å². The third-order valence-corrected chi connectivity index (χ3v) is 9.82. The molecule has 2 aromatic heterocycles. The van der Waals surface area contributed by atoms with Crippen molar-refractivity contribution in [2.45, 2.75) is 26.9 Å². The van der Waals surface area contributed by atoms with Crippen LogP contribution in [-0.4, -0.2) is 11.1 Å². The first kappa shape index (κ1) is 28.6. The monoisotopic (exact) mass is 600 g/mol. The molecule has 0 saturated heterocycles. The molecule has 4 nitrogen and oxygen atoms in total. The molecule has 214 valence electrons. The molecule has 0 bridgehead atoms. The topological polar surface area (TPSA) is 29.1 Å². The molecule has 1 aliphatic rings. The first-order chi connectivity index (χ1) is 21.1. The second-order valence-corrected chi connectivity index (χ2v) is 12.2. The molecule has 1 aliphatic heterocycles. The van der Waals surface area contributed by atoms with Gasteiger partial charge in [0, 0.05) is 36.1 Å². The Kier molecular flexibility index (Phi) is 8.50. The summed E-state index contributed by atoms with van der Waals surface area (Å²) in [6, 6.07) is 29.5. The van der Waals surface area contributed by atoms with Gasteiger partial charge in [0.15, 0.2) is 0 Å². The number of benzene rings is 3. The Morgan fingerprint density at radius 1 is 0.860 bits per heavy atom. The van der Waals surface area contributed by atoms with Gasteiger partial charge in [-0.05, 0) is 55.3 Å². The lowest BCUT2D eigenvalue weighted by Gasteiger charge is -2.26. The number of hydrogen-bond donors (Lipinski definition) is 0. The zero-order valence-corrected chi connectivity index (χ0v) is 26.1. The maximum Gasteiger partial charge on any atom is 0.269 e. The molecule has 0 N–H and O–H groups in total. The highest BCUT2D eigenvalue weighted by molar-refractivity contribution is 7.16. The van der Waals surface area contributed by atoms with E-state index in [1.807, 2.05) is 10.6 Å². The Morgan fingerprint density at radius 2 is 1.56 bits per heavy atom. The fourth-order valence-electron chi connectivity index (χ4n) is 5.49. The lowest BCUT2D eigenvalue weighted by Crippen LogP contribution is -2.37. The first-order valence-corrected chi connectivity index (χ1v) is 16.2. The maximum absolute atomic E-state index is 13.7. The number of allylic oxidation sites excluding steroid dienone is 4. The number of rotatable bonds is 8. The molecule has 0 fully saturated rings. The molecule has 0 unspecified atom stereocenters. The Hall–Kier alpha value is -4.52. The number of nitrogens with zero attached hydrogens (tertiary/aromatic N) is 3. The summed E-state index contributed by atoms with van der Waals surface area (Å²) in [6.45, 7) is 10.4. The molecule has 6 rings (SSSR count). The van der Waals surface area contributed by atoms with E-state index < -0.39 is 0 Å². The molecular weight excluding hydrogens is 567 g/mol. The Balaban J connectivity index is 1.52. The molecule has 3 aromatic carbocycles. The van der Waals surface area contributed by atoms with Crippen LogP contribution in [0.5, 0.6) is 0 Å². The number of para-hydroxylation sites is 1.